The van der Waals surface area contributed by atoms with Gasteiger partial charge in [-0.1, -0.05) is 119 Å². The van der Waals surface area contributed by atoms with Crippen LogP contribution in [-0.2, 0) is 36.0 Å². The van der Waals surface area contributed by atoms with E-state index >= 15 is 4.79 Å². The zero-order valence-corrected chi connectivity index (χ0v) is 40.9. The molecule has 2 heterocycles. The number of Topliss-reactive ketones (excluding diaryl/α,β-unsaturated/α-hetero) is 1. The van der Waals surface area contributed by atoms with Gasteiger partial charge in [0.05, 0.1) is 29.5 Å². The Bertz CT molecular complexity index is 2900. The Labute approximate surface area is 411 Å². The van der Waals surface area contributed by atoms with Gasteiger partial charge >= 0.3 is 0 Å². The Morgan fingerprint density at radius 2 is 1.80 bits per heavy atom. The Hall–Kier alpha value is -5.67. The largest absolute Gasteiger partial charge is 0.670 e. The number of phenolic OH excluding ortho intramolecular Hbond substituents is 3. The predicted octanol–water partition coefficient (Wildman–Crippen LogP) is 9.03. The number of ether oxygens (including phenoxy) is 2. The highest BCUT2D eigenvalue weighted by atomic mass is 33.1. The summed E-state index contributed by atoms with van der Waals surface area (Å²) >= 11 is 0. The second kappa shape index (κ2) is 20.4. The second-order valence-electron chi connectivity index (χ2n) is 18.9. The van der Waals surface area contributed by atoms with Crippen LogP contribution in [0.1, 0.15) is 87.4 Å². The highest BCUT2D eigenvalue weighted by molar-refractivity contribution is 8.76. The van der Waals surface area contributed by atoms with Crippen molar-refractivity contribution < 1.29 is 39.8 Å². The molecule has 5 aromatic carbocycles. The minimum Gasteiger partial charge on any atom is -0.670 e. The zero-order valence-electron chi connectivity index (χ0n) is 39.3. The average Bonchev–Trinajstić information content (AvgIpc) is 3.79. The molecule has 0 saturated carbocycles. The quantitative estimate of drug-likeness (QED) is 0.0432. The Kier molecular flexibility index (Phi) is 14.3. The van der Waals surface area contributed by atoms with Crippen molar-refractivity contribution in [3.63, 3.8) is 0 Å². The van der Waals surface area contributed by atoms with E-state index in [9.17, 15) is 25.5 Å². The molecule has 0 radical (unpaired) electrons. The van der Waals surface area contributed by atoms with E-state index in [0.29, 0.717) is 41.3 Å². The molecule has 6 aromatic rings. The second-order valence-corrected chi connectivity index (χ2v) is 21.4. The van der Waals surface area contributed by atoms with Gasteiger partial charge in [-0.15, -0.1) is 0 Å². The molecule has 13 heteroatoms. The normalized spacial score (nSPS) is 23.2. The third-order valence-corrected chi connectivity index (χ3v) is 17.0. The van der Waals surface area contributed by atoms with Crippen LogP contribution in [0.4, 0.5) is 0 Å². The van der Waals surface area contributed by atoms with Crippen molar-refractivity contribution in [2.75, 3.05) is 33.2 Å². The van der Waals surface area contributed by atoms with Crippen molar-refractivity contribution in [2.24, 2.45) is 5.92 Å². The summed E-state index contributed by atoms with van der Waals surface area (Å²) in [5.74, 6) is -0.469. The summed E-state index contributed by atoms with van der Waals surface area (Å²) in [5, 5.41) is 66.3. The van der Waals surface area contributed by atoms with Gasteiger partial charge in [-0.3, -0.25) is 10.1 Å². The Morgan fingerprint density at radius 1 is 0.971 bits per heavy atom. The smallest absolute Gasteiger partial charge is 0.167 e. The molecule has 0 amide bonds. The number of carbonyl (C=O) groups excluding carboxylic acids is 1. The van der Waals surface area contributed by atoms with Crippen LogP contribution in [0, 0.1) is 5.92 Å². The molecule has 0 spiro atoms. The first-order valence-electron chi connectivity index (χ1n) is 23.6. The highest BCUT2D eigenvalue weighted by Crippen LogP contribution is 2.54. The van der Waals surface area contributed by atoms with Crippen molar-refractivity contribution >= 4 is 38.1 Å². The molecule has 2 aliphatic carbocycles. The minimum atomic E-state index is -1.40. The maximum Gasteiger partial charge on any atom is 0.167 e. The first-order chi connectivity index (χ1) is 33.3. The summed E-state index contributed by atoms with van der Waals surface area (Å²) in [4.78, 5) is 20.3. The number of benzene rings is 5. The summed E-state index contributed by atoms with van der Waals surface area (Å²) < 4.78 is 12.3. The van der Waals surface area contributed by atoms with Gasteiger partial charge in [-0.05, 0) is 108 Å². The maximum absolute atomic E-state index is 15.9. The molecule has 7 unspecified atom stereocenters. The number of aromatic nitrogens is 1. The van der Waals surface area contributed by atoms with E-state index in [1.165, 1.54) is 27.2 Å². The number of rotatable bonds is 13. The summed E-state index contributed by atoms with van der Waals surface area (Å²) in [6.07, 6.45) is 11.6. The number of methoxy groups -OCH3 is 1. The van der Waals surface area contributed by atoms with Gasteiger partial charge in [0.1, 0.15) is 18.3 Å². The first-order valence-corrected chi connectivity index (χ1v) is 25.9. The lowest BCUT2D eigenvalue weighted by Gasteiger charge is -2.37. The van der Waals surface area contributed by atoms with Crippen molar-refractivity contribution in [3.8, 4) is 28.7 Å². The standard InChI is InChI=1S/C56H60N3O8S2/c1-5-35-10-11-36-8-6-7-9-40(36)50(35)43-14-13-41(42-15-17-45(61)53(66-4)52(42)43)44(24-33-19-21-58-29-33)47(63)26-49(64)56(38-22-34(28-57-3)23-39(60)25-38)20-18-48-51-37(27-56)12-16-46(62)54(51)67-32-59-30-55(2,65)31-68-69-48/h6-23,25,29,41,43-44,47-48,57,59-63,65H,5,24,26-28,30-32H2,1-4H3/q-1. The fourth-order valence-electron chi connectivity index (χ4n) is 10.8. The lowest BCUT2D eigenvalue weighted by Crippen LogP contribution is -2.41. The van der Waals surface area contributed by atoms with E-state index in [1.54, 1.807) is 50.7 Å². The van der Waals surface area contributed by atoms with E-state index in [1.807, 2.05) is 55.6 Å². The minimum absolute atomic E-state index is 0.00436. The molecule has 7 atom stereocenters. The van der Waals surface area contributed by atoms with Crippen LogP contribution in [0.3, 0.4) is 0 Å². The number of hydrogen-bond donors (Lipinski definition) is 7. The van der Waals surface area contributed by atoms with E-state index in [-0.39, 0.29) is 55.1 Å². The monoisotopic (exact) mass is 966 g/mol. The molecule has 7 N–H and O–H groups in total. The summed E-state index contributed by atoms with van der Waals surface area (Å²) in [6.45, 7) is 4.67. The number of nitrogens with zero attached hydrogens (tertiary/aromatic N) is 1. The number of aryl methyl sites for hydroxylation is 1. The lowest BCUT2D eigenvalue weighted by molar-refractivity contribution is -0.125. The van der Waals surface area contributed by atoms with Gasteiger partial charge in [0, 0.05) is 48.2 Å². The first kappa shape index (κ1) is 48.4. The number of phenols is 3. The predicted molar refractivity (Wildman–Crippen MR) is 275 cm³/mol. The third kappa shape index (κ3) is 9.65. The number of fused-ring (bicyclic) bond motifs is 2. The molecule has 9 rings (SSSR count). The number of allylic oxidation sites excluding steroid dienone is 3. The third-order valence-electron chi connectivity index (χ3n) is 14.1. The molecule has 360 valence electrons. The van der Waals surface area contributed by atoms with E-state index in [4.69, 9.17) is 9.47 Å². The molecule has 1 aliphatic heterocycles. The van der Waals surface area contributed by atoms with Gasteiger partial charge in [0.2, 0.25) is 0 Å². The molecule has 3 aliphatic rings. The number of aliphatic hydroxyl groups excluding tert-OH is 1. The van der Waals surface area contributed by atoms with Crippen LogP contribution in [-0.4, -0.2) is 76.2 Å². The fourth-order valence-corrected chi connectivity index (χ4v) is 13.7. The zero-order chi connectivity index (χ0) is 48.5. The van der Waals surface area contributed by atoms with Crippen LogP contribution in [0.25, 0.3) is 10.8 Å². The number of β-amino-alcohol motifs (C(OH)–C–C–N with tert-alkyl or cyclic N) is 1. The number of carbonyl (C=O) groups is 1. The molecule has 11 nitrogen and oxygen atoms in total. The molecule has 0 bridgehead atoms. The summed E-state index contributed by atoms with van der Waals surface area (Å²) in [6, 6.07) is 26.8. The van der Waals surface area contributed by atoms with Crippen molar-refractivity contribution in [2.45, 2.75) is 80.3 Å². The molecule has 69 heavy (non-hydrogen) atoms. The lowest BCUT2D eigenvalue weighted by atomic mass is 9.67. The van der Waals surface area contributed by atoms with E-state index in [2.05, 4.69) is 59.0 Å². The average molecular weight is 967 g/mol. The molecular weight excluding hydrogens is 907 g/mol. The maximum atomic E-state index is 15.9. The molecular formula is C56H60N3O8S2-. The van der Waals surface area contributed by atoms with Gasteiger partial charge in [0.25, 0.3) is 0 Å². The van der Waals surface area contributed by atoms with Gasteiger partial charge in [0.15, 0.2) is 23.0 Å². The van der Waals surface area contributed by atoms with Crippen LogP contribution in [0.15, 0.2) is 122 Å². The van der Waals surface area contributed by atoms with Crippen LogP contribution in [0.2, 0.25) is 0 Å². The van der Waals surface area contributed by atoms with Gasteiger partial charge in [-0.2, -0.15) is 12.4 Å². The van der Waals surface area contributed by atoms with Crippen molar-refractivity contribution in [1.29, 1.82) is 0 Å². The summed E-state index contributed by atoms with van der Waals surface area (Å²) in [7, 11) is 6.40. The molecule has 0 saturated heterocycles. The van der Waals surface area contributed by atoms with E-state index in [0.717, 1.165) is 50.6 Å². The topological polar surface area (TPSA) is 175 Å². The van der Waals surface area contributed by atoms with Crippen molar-refractivity contribution in [1.82, 2.24) is 15.6 Å². The SMILES string of the molecule is CCc1ccc2ccccc2c1C1C=CC(C(Cc2cc[n-]c2)C(O)CC(=O)C2(c3cc(O)cc(CNC)c3)C=CC3SSCC(C)(O)CNCOc4c(O)ccc(c43)C2)c2ccc(O)c(OC)c21. The highest BCUT2D eigenvalue weighted by Gasteiger charge is 2.45. The Morgan fingerprint density at radius 3 is 2.58 bits per heavy atom. The number of aliphatic hydroxyl groups is 2. The Balaban J connectivity index is 1.16. The number of hydrogen-bond acceptors (Lipinski definition) is 12. The molecule has 0 fully saturated rings. The number of ketones is 1. The van der Waals surface area contributed by atoms with Crippen LogP contribution >= 0.6 is 21.6 Å². The number of nitrogens with one attached hydrogen (secondary N) is 2. The molecule has 1 aromatic heterocycles. The van der Waals surface area contributed by atoms with Crippen LogP contribution in [0.5, 0.6) is 28.7 Å². The summed E-state index contributed by atoms with van der Waals surface area (Å²) in [5.41, 5.74) is 5.30. The van der Waals surface area contributed by atoms with Crippen LogP contribution < -0.4 is 25.1 Å². The van der Waals surface area contributed by atoms with Gasteiger partial charge in [-0.25, -0.2) is 0 Å². The van der Waals surface area contributed by atoms with E-state index < -0.39 is 34.2 Å². The fraction of sp³-hybridized carbons (Fsp3) is 0.339. The number of aromatic hydroxyl groups is 3. The van der Waals surface area contributed by atoms with Crippen molar-refractivity contribution in [3.05, 3.63) is 172 Å². The van der Waals surface area contributed by atoms with Gasteiger partial charge < -0.3 is 45.3 Å².